The summed E-state index contributed by atoms with van der Waals surface area (Å²) >= 11 is 0. The molecule has 0 heteroatoms. The number of hydrogen-bond donors (Lipinski definition) is 0. The molecule has 1 atom stereocenters. The fourth-order valence-electron chi connectivity index (χ4n) is 2.46. The highest BCUT2D eigenvalue weighted by molar-refractivity contribution is 5.23. The standard InChI is InChI=1S/C16H24/c1-6-13(2)9-7-11-15-14(3)10-8-12-16(15,4)5/h6-7,9,14H,1,8,10,12H2,2-5H3/b13-9+. The minimum absolute atomic E-state index is 0.324. The van der Waals surface area contributed by atoms with Gasteiger partial charge in [0.05, 0.1) is 0 Å². The normalized spacial score (nSPS) is 24.9. The maximum atomic E-state index is 3.75. The SMILES string of the molecule is C=C/C(C)=C/C=C=C1C(C)CCCC1(C)C. The number of hydrogen-bond acceptors (Lipinski definition) is 0. The van der Waals surface area contributed by atoms with Crippen molar-refractivity contribution < 1.29 is 0 Å². The molecule has 0 heterocycles. The minimum Gasteiger partial charge on any atom is -0.121 e. The first-order valence-corrected chi connectivity index (χ1v) is 6.24. The van der Waals surface area contributed by atoms with Crippen molar-refractivity contribution in [2.24, 2.45) is 11.3 Å². The highest BCUT2D eigenvalue weighted by atomic mass is 14.3. The number of rotatable bonds is 2. The Morgan fingerprint density at radius 2 is 2.19 bits per heavy atom. The van der Waals surface area contributed by atoms with Crippen LogP contribution in [0.2, 0.25) is 0 Å². The third-order valence-electron chi connectivity index (χ3n) is 3.57. The lowest BCUT2D eigenvalue weighted by molar-refractivity contribution is 0.290. The molecule has 0 amide bonds. The van der Waals surface area contributed by atoms with E-state index in [0.29, 0.717) is 11.3 Å². The zero-order valence-electron chi connectivity index (χ0n) is 11.1. The maximum absolute atomic E-state index is 3.75. The molecule has 1 rings (SSSR count). The largest absolute Gasteiger partial charge is 0.121 e. The molecular weight excluding hydrogens is 192 g/mol. The molecule has 1 fully saturated rings. The summed E-state index contributed by atoms with van der Waals surface area (Å²) in [5, 5.41) is 0. The van der Waals surface area contributed by atoms with E-state index in [-0.39, 0.29) is 0 Å². The van der Waals surface area contributed by atoms with E-state index in [4.69, 9.17) is 0 Å². The molecule has 1 aliphatic rings. The Morgan fingerprint density at radius 1 is 1.50 bits per heavy atom. The quantitative estimate of drug-likeness (QED) is 0.448. The van der Waals surface area contributed by atoms with E-state index in [2.05, 4.69) is 52.2 Å². The van der Waals surface area contributed by atoms with Crippen LogP contribution in [-0.4, -0.2) is 0 Å². The molecule has 0 saturated heterocycles. The van der Waals surface area contributed by atoms with Crippen molar-refractivity contribution in [1.29, 1.82) is 0 Å². The second kappa shape index (κ2) is 5.37. The van der Waals surface area contributed by atoms with E-state index >= 15 is 0 Å². The third kappa shape index (κ3) is 3.25. The van der Waals surface area contributed by atoms with Gasteiger partial charge in [-0.15, -0.1) is 5.73 Å². The van der Waals surface area contributed by atoms with Crippen molar-refractivity contribution in [3.05, 3.63) is 41.7 Å². The van der Waals surface area contributed by atoms with Crippen LogP contribution in [0.5, 0.6) is 0 Å². The van der Waals surface area contributed by atoms with E-state index < -0.39 is 0 Å². The Balaban J connectivity index is 2.98. The monoisotopic (exact) mass is 216 g/mol. The Hall–Kier alpha value is -1.00. The molecule has 0 aliphatic heterocycles. The van der Waals surface area contributed by atoms with Crippen molar-refractivity contribution in [2.45, 2.75) is 47.0 Å². The molecule has 0 bridgehead atoms. The molecule has 16 heavy (non-hydrogen) atoms. The zero-order chi connectivity index (χ0) is 12.2. The fourth-order valence-corrected chi connectivity index (χ4v) is 2.46. The van der Waals surface area contributed by atoms with Crippen molar-refractivity contribution in [1.82, 2.24) is 0 Å². The van der Waals surface area contributed by atoms with E-state index in [9.17, 15) is 0 Å². The summed E-state index contributed by atoms with van der Waals surface area (Å²) < 4.78 is 0. The van der Waals surface area contributed by atoms with Gasteiger partial charge in [-0.3, -0.25) is 0 Å². The second-order valence-corrected chi connectivity index (χ2v) is 5.52. The van der Waals surface area contributed by atoms with Gasteiger partial charge in [0.25, 0.3) is 0 Å². The van der Waals surface area contributed by atoms with Gasteiger partial charge >= 0.3 is 0 Å². The summed E-state index contributed by atoms with van der Waals surface area (Å²) in [4.78, 5) is 0. The van der Waals surface area contributed by atoms with Crippen LogP contribution < -0.4 is 0 Å². The van der Waals surface area contributed by atoms with Crippen LogP contribution >= 0.6 is 0 Å². The van der Waals surface area contributed by atoms with Crippen LogP contribution in [0.4, 0.5) is 0 Å². The van der Waals surface area contributed by atoms with Gasteiger partial charge in [0.2, 0.25) is 0 Å². The second-order valence-electron chi connectivity index (χ2n) is 5.52. The molecule has 0 spiro atoms. The van der Waals surface area contributed by atoms with Gasteiger partial charge in [0.1, 0.15) is 0 Å². The van der Waals surface area contributed by atoms with E-state index in [1.807, 2.05) is 6.08 Å². The highest BCUT2D eigenvalue weighted by Gasteiger charge is 2.30. The van der Waals surface area contributed by atoms with Gasteiger partial charge in [0, 0.05) is 0 Å². The third-order valence-corrected chi connectivity index (χ3v) is 3.57. The summed E-state index contributed by atoms with van der Waals surface area (Å²) in [5.41, 5.74) is 6.49. The highest BCUT2D eigenvalue weighted by Crippen LogP contribution is 2.42. The van der Waals surface area contributed by atoms with E-state index in [0.717, 1.165) is 0 Å². The van der Waals surface area contributed by atoms with Crippen molar-refractivity contribution in [2.75, 3.05) is 0 Å². The minimum atomic E-state index is 0.324. The molecule has 0 N–H and O–H groups in total. The molecule has 0 aromatic carbocycles. The average Bonchev–Trinajstić information content (AvgIpc) is 2.21. The summed E-state index contributed by atoms with van der Waals surface area (Å²) in [5.74, 6) is 0.678. The van der Waals surface area contributed by atoms with Crippen LogP contribution in [0.3, 0.4) is 0 Å². The smallest absolute Gasteiger partial charge is 0.00661 e. The topological polar surface area (TPSA) is 0 Å². The summed E-state index contributed by atoms with van der Waals surface area (Å²) in [7, 11) is 0. The Morgan fingerprint density at radius 3 is 2.75 bits per heavy atom. The molecular formula is C16H24. The van der Waals surface area contributed by atoms with E-state index in [1.54, 1.807) is 0 Å². The molecule has 88 valence electrons. The lowest BCUT2D eigenvalue weighted by atomic mass is 9.69. The Bertz CT molecular complexity index is 346. The maximum Gasteiger partial charge on any atom is -0.00661 e. The first-order valence-electron chi connectivity index (χ1n) is 6.24. The van der Waals surface area contributed by atoms with Crippen LogP contribution in [0, 0.1) is 11.3 Å². The average molecular weight is 216 g/mol. The van der Waals surface area contributed by atoms with Gasteiger partial charge in [-0.2, -0.15) is 0 Å². The molecule has 1 unspecified atom stereocenters. The predicted octanol–water partition coefficient (Wildman–Crippen LogP) is 5.05. The summed E-state index contributed by atoms with van der Waals surface area (Å²) in [6.45, 7) is 12.8. The van der Waals surface area contributed by atoms with Gasteiger partial charge in [0.15, 0.2) is 0 Å². The van der Waals surface area contributed by atoms with Crippen molar-refractivity contribution in [3.8, 4) is 0 Å². The summed E-state index contributed by atoms with van der Waals surface area (Å²) in [6.07, 6.45) is 9.95. The zero-order valence-corrected chi connectivity index (χ0v) is 11.1. The first kappa shape index (κ1) is 13.1. The van der Waals surface area contributed by atoms with Gasteiger partial charge < -0.3 is 0 Å². The van der Waals surface area contributed by atoms with Gasteiger partial charge in [-0.05, 0) is 42.7 Å². The molecule has 1 saturated carbocycles. The van der Waals surface area contributed by atoms with Crippen molar-refractivity contribution >= 4 is 0 Å². The van der Waals surface area contributed by atoms with Crippen LogP contribution in [0.15, 0.2) is 41.7 Å². The molecule has 0 nitrogen and oxygen atoms in total. The van der Waals surface area contributed by atoms with Crippen molar-refractivity contribution in [3.63, 3.8) is 0 Å². The molecule has 0 aromatic rings. The lowest BCUT2D eigenvalue weighted by Crippen LogP contribution is -2.24. The van der Waals surface area contributed by atoms with Gasteiger partial charge in [-0.25, -0.2) is 0 Å². The predicted molar refractivity (Wildman–Crippen MR) is 72.3 cm³/mol. The Kier molecular flexibility index (Phi) is 4.38. The fraction of sp³-hybridized carbons (Fsp3) is 0.562. The first-order chi connectivity index (χ1) is 7.47. The molecule has 1 aliphatic carbocycles. The Labute approximate surface area is 100 Å². The van der Waals surface area contributed by atoms with E-state index in [1.165, 1.54) is 30.4 Å². The van der Waals surface area contributed by atoms with Crippen LogP contribution in [0.1, 0.15) is 47.0 Å². The molecule has 0 aromatic heterocycles. The molecule has 0 radical (unpaired) electrons. The summed E-state index contributed by atoms with van der Waals surface area (Å²) in [6, 6.07) is 0. The number of allylic oxidation sites excluding steroid dienone is 4. The lowest BCUT2D eigenvalue weighted by Gasteiger charge is -2.35. The van der Waals surface area contributed by atoms with Crippen LogP contribution in [-0.2, 0) is 0 Å². The van der Waals surface area contributed by atoms with Crippen LogP contribution in [0.25, 0.3) is 0 Å². The van der Waals surface area contributed by atoms with Gasteiger partial charge in [-0.1, -0.05) is 51.5 Å².